The van der Waals surface area contributed by atoms with Crippen LogP contribution in [0.1, 0.15) is 5.56 Å². The zero-order valence-electron chi connectivity index (χ0n) is 18.4. The third-order valence-corrected chi connectivity index (χ3v) is 5.93. The van der Waals surface area contributed by atoms with Gasteiger partial charge in [-0.1, -0.05) is 12.2 Å². The summed E-state index contributed by atoms with van der Waals surface area (Å²) in [4.78, 5) is 36.5. The van der Waals surface area contributed by atoms with Crippen LogP contribution < -0.4 is 15.1 Å². The molecule has 1 aromatic heterocycles. The molecule has 9 nitrogen and oxygen atoms in total. The van der Waals surface area contributed by atoms with E-state index in [2.05, 4.69) is 4.98 Å². The third-order valence-electron chi connectivity index (χ3n) is 5.49. The van der Waals surface area contributed by atoms with Crippen LogP contribution in [-0.2, 0) is 14.4 Å². The monoisotopic (exact) mass is 509 g/mol. The standard InChI is InChI=1S/C22H22F3N5O4S/c23-17-11-15(29-13-16(34-22(29)32)12-27-20(31)19(24)25)1-2-18(17)28-7-8-30(33-10-9-28)21(35)14-3-5-26-6-4-14/h1-6,11,16,19H,7-10,12-13H2,(H,27,31)/t16-/m0/s1. The Morgan fingerprint density at radius 3 is 2.69 bits per heavy atom. The fourth-order valence-electron chi connectivity index (χ4n) is 3.74. The minimum absolute atomic E-state index is 0.0138. The molecule has 0 aliphatic carbocycles. The van der Waals surface area contributed by atoms with Crippen molar-refractivity contribution >= 4 is 40.6 Å². The van der Waals surface area contributed by atoms with E-state index in [9.17, 15) is 18.4 Å². The Balaban J connectivity index is 1.38. The van der Waals surface area contributed by atoms with Crippen molar-refractivity contribution in [2.45, 2.75) is 12.5 Å². The summed E-state index contributed by atoms with van der Waals surface area (Å²) in [5.41, 5.74) is 1.39. The number of alkyl halides is 2. The van der Waals surface area contributed by atoms with E-state index in [1.807, 2.05) is 10.2 Å². The van der Waals surface area contributed by atoms with Crippen LogP contribution in [0, 0.1) is 5.82 Å². The van der Waals surface area contributed by atoms with Crippen molar-refractivity contribution < 1.29 is 32.3 Å². The molecular weight excluding hydrogens is 487 g/mol. The highest BCUT2D eigenvalue weighted by Crippen LogP contribution is 2.28. The molecular formula is C22H22F3N5O4S. The van der Waals surface area contributed by atoms with Crippen molar-refractivity contribution in [1.82, 2.24) is 15.4 Å². The van der Waals surface area contributed by atoms with E-state index in [0.717, 1.165) is 5.56 Å². The highest BCUT2D eigenvalue weighted by molar-refractivity contribution is 7.80. The first kappa shape index (κ1) is 24.7. The summed E-state index contributed by atoms with van der Waals surface area (Å²) in [6.07, 6.45) is -1.46. The van der Waals surface area contributed by atoms with Crippen molar-refractivity contribution in [2.24, 2.45) is 0 Å². The third kappa shape index (κ3) is 5.80. The van der Waals surface area contributed by atoms with Crippen molar-refractivity contribution in [3.63, 3.8) is 0 Å². The van der Waals surface area contributed by atoms with Crippen LogP contribution in [0.25, 0.3) is 0 Å². The number of nitrogens with zero attached hydrogens (tertiary/aromatic N) is 4. The van der Waals surface area contributed by atoms with E-state index in [1.54, 1.807) is 41.7 Å². The predicted molar refractivity (Wildman–Crippen MR) is 124 cm³/mol. The SMILES string of the molecule is O=C(NC[C@H]1CN(c2ccc(N3CCON(C(=S)c4ccncc4)CC3)c(F)c2)C(=O)O1)C(F)F. The lowest BCUT2D eigenvalue weighted by Crippen LogP contribution is -2.37. The van der Waals surface area contributed by atoms with Crippen molar-refractivity contribution in [3.8, 4) is 0 Å². The Labute approximate surface area is 204 Å². The maximum absolute atomic E-state index is 15.1. The molecule has 2 aliphatic rings. The molecule has 2 aliphatic heterocycles. The minimum Gasteiger partial charge on any atom is -0.442 e. The maximum atomic E-state index is 15.1. The van der Waals surface area contributed by atoms with Gasteiger partial charge in [-0.05, 0) is 30.3 Å². The molecule has 4 rings (SSSR count). The van der Waals surface area contributed by atoms with Crippen LogP contribution in [0.5, 0.6) is 0 Å². The summed E-state index contributed by atoms with van der Waals surface area (Å²) in [6, 6.07) is 7.91. The van der Waals surface area contributed by atoms with Gasteiger partial charge in [0.2, 0.25) is 0 Å². The average molecular weight is 510 g/mol. The lowest BCUT2D eigenvalue weighted by atomic mass is 10.2. The molecule has 0 bridgehead atoms. The van der Waals surface area contributed by atoms with Crippen molar-refractivity contribution in [2.75, 3.05) is 49.1 Å². The van der Waals surface area contributed by atoms with Gasteiger partial charge >= 0.3 is 12.5 Å². The number of halogens is 3. The highest BCUT2D eigenvalue weighted by atomic mass is 32.1. The number of thiocarbonyl (C=S) groups is 1. The topological polar surface area (TPSA) is 87.2 Å². The van der Waals surface area contributed by atoms with E-state index in [4.69, 9.17) is 21.8 Å². The van der Waals surface area contributed by atoms with Gasteiger partial charge in [0, 0.05) is 31.0 Å². The molecule has 2 saturated heterocycles. The van der Waals surface area contributed by atoms with Crippen molar-refractivity contribution in [1.29, 1.82) is 0 Å². The van der Waals surface area contributed by atoms with Crippen LogP contribution in [0.15, 0.2) is 42.7 Å². The minimum atomic E-state index is -3.16. The molecule has 0 saturated carbocycles. The summed E-state index contributed by atoms with van der Waals surface area (Å²) >= 11 is 5.50. The Kier molecular flexibility index (Phi) is 7.66. The summed E-state index contributed by atoms with van der Waals surface area (Å²) in [6.45, 7) is 1.28. The first-order chi connectivity index (χ1) is 16.8. The summed E-state index contributed by atoms with van der Waals surface area (Å²) in [7, 11) is 0. The van der Waals surface area contributed by atoms with E-state index >= 15 is 4.39 Å². The molecule has 13 heteroatoms. The van der Waals surface area contributed by atoms with E-state index < -0.39 is 30.3 Å². The average Bonchev–Trinajstić information content (AvgIpc) is 3.06. The van der Waals surface area contributed by atoms with Crippen LogP contribution in [0.2, 0.25) is 0 Å². The van der Waals surface area contributed by atoms with E-state index in [1.165, 1.54) is 11.0 Å². The van der Waals surface area contributed by atoms with Gasteiger partial charge in [-0.25, -0.2) is 14.2 Å². The fraction of sp³-hybridized carbons (Fsp3) is 0.364. The Hall–Kier alpha value is -3.45. The number of cyclic esters (lactones) is 1. The first-order valence-electron chi connectivity index (χ1n) is 10.8. The second-order valence-electron chi connectivity index (χ2n) is 7.76. The molecule has 3 heterocycles. The van der Waals surface area contributed by atoms with Crippen LogP contribution in [0.4, 0.5) is 29.3 Å². The van der Waals surface area contributed by atoms with Gasteiger partial charge in [0.1, 0.15) is 16.9 Å². The van der Waals surface area contributed by atoms with E-state index in [-0.39, 0.29) is 25.4 Å². The van der Waals surface area contributed by atoms with Crippen molar-refractivity contribution in [3.05, 3.63) is 54.1 Å². The van der Waals surface area contributed by atoms with Gasteiger partial charge in [-0.15, -0.1) is 0 Å². The Morgan fingerprint density at radius 2 is 1.97 bits per heavy atom. The van der Waals surface area contributed by atoms with Gasteiger partial charge in [0.15, 0.2) is 0 Å². The number of hydrogen-bond donors (Lipinski definition) is 1. The molecule has 0 spiro atoms. The summed E-state index contributed by atoms with van der Waals surface area (Å²) in [5, 5.41) is 3.61. The number of pyridine rings is 1. The lowest BCUT2D eigenvalue weighted by molar-refractivity contribution is -0.132. The molecule has 1 N–H and O–H groups in total. The van der Waals surface area contributed by atoms with Crippen LogP contribution in [-0.4, -0.2) is 78.9 Å². The van der Waals surface area contributed by atoms with Gasteiger partial charge in [0.25, 0.3) is 5.91 Å². The largest absolute Gasteiger partial charge is 0.442 e. The van der Waals surface area contributed by atoms with Gasteiger partial charge in [0.05, 0.1) is 37.6 Å². The number of ether oxygens (including phenoxy) is 1. The number of benzene rings is 1. The number of rotatable bonds is 6. The summed E-state index contributed by atoms with van der Waals surface area (Å²) in [5.74, 6) is -1.99. The lowest BCUT2D eigenvalue weighted by Gasteiger charge is -2.24. The molecule has 186 valence electrons. The first-order valence-corrected chi connectivity index (χ1v) is 11.2. The van der Waals surface area contributed by atoms with Crippen LogP contribution in [0.3, 0.4) is 0 Å². The van der Waals surface area contributed by atoms with E-state index in [0.29, 0.717) is 30.3 Å². The number of aromatic nitrogens is 1. The number of carbonyl (C=O) groups is 2. The van der Waals surface area contributed by atoms with Gasteiger partial charge in [-0.2, -0.15) is 8.78 Å². The number of anilines is 2. The number of nitrogens with one attached hydrogen (secondary N) is 1. The zero-order valence-corrected chi connectivity index (χ0v) is 19.2. The Morgan fingerprint density at radius 1 is 1.20 bits per heavy atom. The molecule has 2 fully saturated rings. The molecule has 1 aromatic carbocycles. The number of hydrogen-bond acceptors (Lipinski definition) is 7. The molecule has 2 aromatic rings. The Bertz CT molecular complexity index is 1090. The molecule has 35 heavy (non-hydrogen) atoms. The quantitative estimate of drug-likeness (QED) is 0.594. The predicted octanol–water partition coefficient (Wildman–Crippen LogP) is 2.36. The summed E-state index contributed by atoms with van der Waals surface area (Å²) < 4.78 is 44.8. The van der Waals surface area contributed by atoms with Gasteiger partial charge < -0.3 is 15.0 Å². The molecule has 2 amide bonds. The maximum Gasteiger partial charge on any atom is 0.414 e. The van der Waals surface area contributed by atoms with Crippen LogP contribution >= 0.6 is 12.2 Å². The number of hydroxylamine groups is 2. The molecule has 0 unspecified atom stereocenters. The fourth-order valence-corrected chi connectivity index (χ4v) is 4.02. The second-order valence-corrected chi connectivity index (χ2v) is 8.15. The van der Waals surface area contributed by atoms with Gasteiger partial charge in [-0.3, -0.25) is 19.5 Å². The zero-order chi connectivity index (χ0) is 24.9. The molecule has 1 atom stereocenters. The molecule has 0 radical (unpaired) electrons. The highest BCUT2D eigenvalue weighted by Gasteiger charge is 2.33. The number of amides is 2. The smallest absolute Gasteiger partial charge is 0.414 e. The number of carbonyl (C=O) groups excluding carboxylic acids is 2. The normalized spacial score (nSPS) is 18.5. The second kappa shape index (κ2) is 10.9.